The zero-order valence-corrected chi connectivity index (χ0v) is 20.6. The fourth-order valence-electron chi connectivity index (χ4n) is 5.77. The van der Waals surface area contributed by atoms with Crippen molar-refractivity contribution in [3.8, 4) is 0 Å². The first-order valence-corrected chi connectivity index (χ1v) is 14.0. The van der Waals surface area contributed by atoms with E-state index in [-0.39, 0.29) is 17.5 Å². The van der Waals surface area contributed by atoms with Crippen molar-refractivity contribution in [2.45, 2.75) is 69.5 Å². The number of hydrogen-bond acceptors (Lipinski definition) is 5. The van der Waals surface area contributed by atoms with Crippen LogP contribution in [0.5, 0.6) is 0 Å². The maximum atomic E-state index is 13.8. The van der Waals surface area contributed by atoms with Gasteiger partial charge in [-0.25, -0.2) is 4.98 Å². The molecular weight excluding hydrogens is 450 g/mol. The number of hydrogen-bond donors (Lipinski definition) is 0. The van der Waals surface area contributed by atoms with Crippen LogP contribution < -0.4 is 10.5 Å². The van der Waals surface area contributed by atoms with Gasteiger partial charge in [0.1, 0.15) is 4.83 Å². The van der Waals surface area contributed by atoms with E-state index in [0.29, 0.717) is 11.7 Å². The number of carbonyl (C=O) groups excluding carboxylic acids is 1. The van der Waals surface area contributed by atoms with Crippen molar-refractivity contribution in [3.63, 3.8) is 0 Å². The smallest absolute Gasteiger partial charge is 0.263 e. The molecule has 0 radical (unpaired) electrons. The van der Waals surface area contributed by atoms with Crippen LogP contribution >= 0.6 is 23.1 Å². The Morgan fingerprint density at radius 1 is 1.18 bits per heavy atom. The van der Waals surface area contributed by atoms with Gasteiger partial charge >= 0.3 is 0 Å². The van der Waals surface area contributed by atoms with E-state index in [0.717, 1.165) is 79.0 Å². The van der Waals surface area contributed by atoms with Crippen LogP contribution in [0.15, 0.2) is 34.2 Å². The number of para-hydroxylation sites is 1. The van der Waals surface area contributed by atoms with E-state index in [4.69, 9.17) is 4.98 Å². The number of carbonyl (C=O) groups is 1. The molecule has 2 aromatic heterocycles. The van der Waals surface area contributed by atoms with E-state index < -0.39 is 0 Å². The van der Waals surface area contributed by atoms with Gasteiger partial charge in [0, 0.05) is 23.2 Å². The van der Waals surface area contributed by atoms with Gasteiger partial charge in [-0.05, 0) is 61.6 Å². The van der Waals surface area contributed by atoms with Crippen molar-refractivity contribution in [1.29, 1.82) is 0 Å². The molecule has 3 aliphatic rings. The standard InChI is InChI=1S/C26H29N3O2S2/c1-16-10-11-19-21(14-16)33-24-23(19)25(31)29(18-7-3-4-8-18)26(27-24)32-15-22(30)28-13-12-17-6-2-5-9-20(17)28/h2,5-6,9,16,18H,3-4,7-8,10-15H2,1H3/t16-/m0/s1. The molecule has 1 amide bonds. The first-order chi connectivity index (χ1) is 16.1. The summed E-state index contributed by atoms with van der Waals surface area (Å²) in [6.45, 7) is 3.03. The Morgan fingerprint density at radius 2 is 2.00 bits per heavy atom. The number of fused-ring (bicyclic) bond motifs is 4. The lowest BCUT2D eigenvalue weighted by molar-refractivity contribution is -0.116. The van der Waals surface area contributed by atoms with Gasteiger partial charge in [-0.15, -0.1) is 11.3 Å². The zero-order chi connectivity index (χ0) is 22.5. The number of nitrogens with zero attached hydrogens (tertiary/aromatic N) is 3. The molecule has 1 saturated carbocycles. The minimum Gasteiger partial charge on any atom is -0.311 e. The van der Waals surface area contributed by atoms with Crippen molar-refractivity contribution < 1.29 is 4.79 Å². The first kappa shape index (κ1) is 21.4. The second-order valence-electron chi connectivity index (χ2n) is 9.75. The van der Waals surface area contributed by atoms with Gasteiger partial charge in [-0.1, -0.05) is 49.7 Å². The zero-order valence-electron chi connectivity index (χ0n) is 19.0. The molecule has 172 valence electrons. The van der Waals surface area contributed by atoms with Gasteiger partial charge in [0.25, 0.3) is 5.56 Å². The Bertz CT molecular complexity index is 1290. The van der Waals surface area contributed by atoms with Gasteiger partial charge in [-0.3, -0.25) is 14.2 Å². The highest BCUT2D eigenvalue weighted by molar-refractivity contribution is 7.99. The van der Waals surface area contributed by atoms with E-state index in [9.17, 15) is 9.59 Å². The van der Waals surface area contributed by atoms with Gasteiger partial charge in [-0.2, -0.15) is 0 Å². The lowest BCUT2D eigenvalue weighted by atomic mass is 9.89. The number of amides is 1. The Hall–Kier alpha value is -2.12. The fraction of sp³-hybridized carbons (Fsp3) is 0.500. The van der Waals surface area contributed by atoms with Gasteiger partial charge in [0.2, 0.25) is 5.91 Å². The number of anilines is 1. The third-order valence-electron chi connectivity index (χ3n) is 7.53. The van der Waals surface area contributed by atoms with Crippen LogP contribution in [-0.2, 0) is 24.1 Å². The second-order valence-corrected chi connectivity index (χ2v) is 11.8. The van der Waals surface area contributed by atoms with Crippen molar-refractivity contribution >= 4 is 44.9 Å². The molecule has 5 nitrogen and oxygen atoms in total. The first-order valence-electron chi connectivity index (χ1n) is 12.2. The van der Waals surface area contributed by atoms with E-state index >= 15 is 0 Å². The van der Waals surface area contributed by atoms with E-state index in [1.165, 1.54) is 27.8 Å². The molecule has 1 atom stereocenters. The molecule has 7 heteroatoms. The van der Waals surface area contributed by atoms with Crippen LogP contribution in [0.3, 0.4) is 0 Å². The number of thiophene rings is 1. The van der Waals surface area contributed by atoms with Crippen molar-refractivity contribution in [2.75, 3.05) is 17.2 Å². The van der Waals surface area contributed by atoms with Crippen LogP contribution in [-0.4, -0.2) is 27.8 Å². The van der Waals surface area contributed by atoms with Crippen molar-refractivity contribution in [3.05, 3.63) is 50.6 Å². The van der Waals surface area contributed by atoms with E-state index in [1.807, 2.05) is 27.7 Å². The van der Waals surface area contributed by atoms with Crippen LogP contribution in [0.1, 0.15) is 61.1 Å². The molecule has 3 aromatic rings. The number of thioether (sulfide) groups is 1. The molecular formula is C26H29N3O2S2. The summed E-state index contributed by atoms with van der Waals surface area (Å²) >= 11 is 3.15. The number of benzene rings is 1. The van der Waals surface area contributed by atoms with Gasteiger partial charge in [0.05, 0.1) is 11.1 Å². The molecule has 0 unspecified atom stereocenters. The molecule has 3 heterocycles. The largest absolute Gasteiger partial charge is 0.311 e. The predicted molar refractivity (Wildman–Crippen MR) is 136 cm³/mol. The third kappa shape index (κ3) is 3.73. The molecule has 6 rings (SSSR count). The highest BCUT2D eigenvalue weighted by atomic mass is 32.2. The summed E-state index contributed by atoms with van der Waals surface area (Å²) in [7, 11) is 0. The molecule has 1 fully saturated rings. The van der Waals surface area contributed by atoms with Crippen LogP contribution in [0, 0.1) is 5.92 Å². The Kier molecular flexibility index (Phi) is 5.57. The molecule has 1 aliphatic heterocycles. The third-order valence-corrected chi connectivity index (χ3v) is 9.62. The second kappa shape index (κ2) is 8.58. The Morgan fingerprint density at radius 3 is 2.85 bits per heavy atom. The fourth-order valence-corrected chi connectivity index (χ4v) is 8.14. The summed E-state index contributed by atoms with van der Waals surface area (Å²) in [6.07, 6.45) is 8.44. The normalized spacial score (nSPS) is 20.4. The highest BCUT2D eigenvalue weighted by Gasteiger charge is 2.29. The quantitative estimate of drug-likeness (QED) is 0.372. The van der Waals surface area contributed by atoms with Crippen LogP contribution in [0.4, 0.5) is 5.69 Å². The number of aryl methyl sites for hydroxylation is 1. The lowest BCUT2D eigenvalue weighted by Crippen LogP contribution is -2.31. The summed E-state index contributed by atoms with van der Waals surface area (Å²) in [5, 5.41) is 1.59. The highest BCUT2D eigenvalue weighted by Crippen LogP contribution is 2.39. The molecule has 0 N–H and O–H groups in total. The summed E-state index contributed by atoms with van der Waals surface area (Å²) < 4.78 is 1.95. The summed E-state index contributed by atoms with van der Waals surface area (Å²) in [6, 6.07) is 8.35. The molecule has 33 heavy (non-hydrogen) atoms. The summed E-state index contributed by atoms with van der Waals surface area (Å²) in [5.41, 5.74) is 3.63. The molecule has 1 aromatic carbocycles. The average Bonchev–Trinajstić information content (AvgIpc) is 3.55. The van der Waals surface area contributed by atoms with E-state index in [1.54, 1.807) is 11.3 Å². The van der Waals surface area contributed by atoms with Crippen LogP contribution in [0.2, 0.25) is 0 Å². The summed E-state index contributed by atoms with van der Waals surface area (Å²) in [4.78, 5) is 36.1. The Balaban J connectivity index is 1.35. The minimum atomic E-state index is 0.0940. The molecule has 0 bridgehead atoms. The average molecular weight is 480 g/mol. The summed E-state index contributed by atoms with van der Waals surface area (Å²) in [5.74, 6) is 1.06. The van der Waals surface area contributed by atoms with Gasteiger partial charge < -0.3 is 4.90 Å². The SMILES string of the molecule is C[C@H]1CCc2c(sc3nc(SCC(=O)N4CCc5ccccc54)n(C4CCCC4)c(=O)c23)C1. The van der Waals surface area contributed by atoms with Crippen molar-refractivity contribution in [2.24, 2.45) is 5.92 Å². The lowest BCUT2D eigenvalue weighted by Gasteiger charge is -2.20. The van der Waals surface area contributed by atoms with Gasteiger partial charge in [0.15, 0.2) is 5.16 Å². The maximum Gasteiger partial charge on any atom is 0.263 e. The minimum absolute atomic E-state index is 0.0940. The monoisotopic (exact) mass is 479 g/mol. The molecule has 2 aliphatic carbocycles. The Labute approximate surface area is 202 Å². The van der Waals surface area contributed by atoms with E-state index in [2.05, 4.69) is 13.0 Å². The van der Waals surface area contributed by atoms with Crippen molar-refractivity contribution in [1.82, 2.24) is 9.55 Å². The number of rotatable bonds is 4. The predicted octanol–water partition coefficient (Wildman–Crippen LogP) is 5.38. The van der Waals surface area contributed by atoms with Crippen LogP contribution in [0.25, 0.3) is 10.2 Å². The molecule has 0 saturated heterocycles. The molecule has 0 spiro atoms. The number of aromatic nitrogens is 2. The maximum absolute atomic E-state index is 13.8. The topological polar surface area (TPSA) is 55.2 Å².